The maximum atomic E-state index is 9.55. The summed E-state index contributed by atoms with van der Waals surface area (Å²) in [6.45, 7) is 3.46. The average Bonchev–Trinajstić information content (AvgIpc) is 3.42. The molecule has 4 aromatic heterocycles. The molecular formula is C28H31N7O3. The van der Waals surface area contributed by atoms with Gasteiger partial charge in [0.2, 0.25) is 5.88 Å². The number of aromatic nitrogens is 5. The molecule has 1 aliphatic carbocycles. The number of rotatable bonds is 8. The van der Waals surface area contributed by atoms with Crippen LogP contribution in [0.5, 0.6) is 11.6 Å². The molecule has 4 fully saturated rings. The van der Waals surface area contributed by atoms with Crippen LogP contribution in [0.3, 0.4) is 0 Å². The standard InChI is InChI=1S/C28H31N7O3/c1-37-27-5-2-18(10-30-27)12-35-21-8-22(35)14-33(13-21)26-4-3-20(11-29-26)25-9-24(15-34-17-31-32-28(25)34)38-16-19-6-23(36)7-19/h2-5,9-11,15,17,19,21-23,36H,6-8,12-14,16H2,1H3. The number of aliphatic hydroxyl groups excluding tert-OH is 1. The quantitative estimate of drug-likeness (QED) is 0.381. The van der Waals surface area contributed by atoms with Crippen molar-refractivity contribution in [2.24, 2.45) is 5.92 Å². The summed E-state index contributed by atoms with van der Waals surface area (Å²) in [6, 6.07) is 11.3. The van der Waals surface area contributed by atoms with Gasteiger partial charge in [0, 0.05) is 61.3 Å². The normalized spacial score (nSPS) is 24.6. The van der Waals surface area contributed by atoms with Gasteiger partial charge in [0.15, 0.2) is 5.65 Å². The van der Waals surface area contributed by atoms with Crippen LogP contribution in [0.2, 0.25) is 0 Å². The second kappa shape index (κ2) is 9.52. The van der Waals surface area contributed by atoms with Crippen molar-refractivity contribution in [2.75, 3.05) is 31.7 Å². The zero-order valence-corrected chi connectivity index (χ0v) is 21.3. The third kappa shape index (κ3) is 4.33. The van der Waals surface area contributed by atoms with E-state index in [0.29, 0.717) is 30.5 Å². The number of pyridine rings is 3. The van der Waals surface area contributed by atoms with Gasteiger partial charge in [0.05, 0.1) is 26.0 Å². The molecule has 4 aromatic rings. The monoisotopic (exact) mass is 513 g/mol. The molecule has 0 amide bonds. The maximum Gasteiger partial charge on any atom is 0.212 e. The van der Waals surface area contributed by atoms with Crippen LogP contribution in [-0.2, 0) is 6.54 Å². The molecule has 1 saturated carbocycles. The summed E-state index contributed by atoms with van der Waals surface area (Å²) in [5, 5.41) is 18.0. The number of hydrogen-bond donors (Lipinski definition) is 1. The Balaban J connectivity index is 1.03. The first-order valence-corrected chi connectivity index (χ1v) is 13.2. The number of anilines is 1. The zero-order chi connectivity index (χ0) is 25.6. The van der Waals surface area contributed by atoms with Gasteiger partial charge in [-0.3, -0.25) is 9.30 Å². The van der Waals surface area contributed by atoms with Gasteiger partial charge in [-0.1, -0.05) is 6.07 Å². The number of fused-ring (bicyclic) bond motifs is 3. The molecule has 0 radical (unpaired) electrons. The number of ether oxygens (including phenoxy) is 2. The first-order chi connectivity index (χ1) is 18.6. The molecule has 2 bridgehead atoms. The maximum absolute atomic E-state index is 9.55. The third-order valence-electron chi connectivity index (χ3n) is 8.16. The highest BCUT2D eigenvalue weighted by Gasteiger charge is 2.44. The molecule has 2 unspecified atom stereocenters. The summed E-state index contributed by atoms with van der Waals surface area (Å²) < 4.78 is 13.1. The van der Waals surface area contributed by atoms with Crippen molar-refractivity contribution in [1.82, 2.24) is 29.5 Å². The van der Waals surface area contributed by atoms with Gasteiger partial charge in [-0.2, -0.15) is 0 Å². The Bertz CT molecular complexity index is 1410. The number of hydrogen-bond acceptors (Lipinski definition) is 9. The van der Waals surface area contributed by atoms with Crippen LogP contribution in [0.1, 0.15) is 24.8 Å². The Hall–Kier alpha value is -3.76. The van der Waals surface area contributed by atoms with Crippen molar-refractivity contribution < 1.29 is 14.6 Å². The predicted molar refractivity (Wildman–Crippen MR) is 141 cm³/mol. The van der Waals surface area contributed by atoms with E-state index in [-0.39, 0.29) is 6.10 Å². The molecule has 0 spiro atoms. The number of piperazine rings is 1. The highest BCUT2D eigenvalue weighted by atomic mass is 16.5. The van der Waals surface area contributed by atoms with Crippen LogP contribution < -0.4 is 14.4 Å². The molecule has 4 aliphatic rings. The van der Waals surface area contributed by atoms with E-state index in [1.807, 2.05) is 35.1 Å². The molecule has 3 aliphatic heterocycles. The van der Waals surface area contributed by atoms with E-state index in [2.05, 4.69) is 43.2 Å². The first kappa shape index (κ1) is 23.4. The smallest absolute Gasteiger partial charge is 0.212 e. The van der Waals surface area contributed by atoms with Crippen LogP contribution in [0.25, 0.3) is 16.8 Å². The summed E-state index contributed by atoms with van der Waals surface area (Å²) in [5.41, 5.74) is 3.90. The first-order valence-electron chi connectivity index (χ1n) is 13.2. The van der Waals surface area contributed by atoms with Gasteiger partial charge in [-0.15, -0.1) is 10.2 Å². The van der Waals surface area contributed by atoms with Gasteiger partial charge in [-0.05, 0) is 48.9 Å². The molecule has 0 aromatic carbocycles. The molecule has 1 N–H and O–H groups in total. The van der Waals surface area contributed by atoms with E-state index >= 15 is 0 Å². The fourth-order valence-corrected chi connectivity index (χ4v) is 5.95. The Kier molecular flexibility index (Phi) is 5.85. The highest BCUT2D eigenvalue weighted by Crippen LogP contribution is 2.36. The highest BCUT2D eigenvalue weighted by molar-refractivity contribution is 5.78. The van der Waals surface area contributed by atoms with Crippen molar-refractivity contribution in [3.8, 4) is 22.8 Å². The number of methoxy groups -OCH3 is 1. The Labute approximate surface area is 220 Å². The fourth-order valence-electron chi connectivity index (χ4n) is 5.95. The Morgan fingerprint density at radius 3 is 2.61 bits per heavy atom. The van der Waals surface area contributed by atoms with Gasteiger partial charge < -0.3 is 19.5 Å². The summed E-state index contributed by atoms with van der Waals surface area (Å²) in [6.07, 6.45) is 10.1. The fraction of sp³-hybridized carbons (Fsp3) is 0.429. The lowest BCUT2D eigenvalue weighted by Gasteiger charge is -2.56. The molecule has 38 heavy (non-hydrogen) atoms. The second-order valence-corrected chi connectivity index (χ2v) is 10.7. The van der Waals surface area contributed by atoms with E-state index in [1.165, 1.54) is 12.0 Å². The van der Waals surface area contributed by atoms with E-state index in [4.69, 9.17) is 14.5 Å². The van der Waals surface area contributed by atoms with Crippen LogP contribution in [-0.4, -0.2) is 79.6 Å². The van der Waals surface area contributed by atoms with Gasteiger partial charge in [0.25, 0.3) is 0 Å². The van der Waals surface area contributed by atoms with Gasteiger partial charge in [0.1, 0.15) is 17.9 Å². The van der Waals surface area contributed by atoms with Crippen LogP contribution in [0.15, 0.2) is 55.2 Å². The minimum absolute atomic E-state index is 0.177. The molecule has 8 rings (SSSR count). The lowest BCUT2D eigenvalue weighted by molar-refractivity contribution is -0.00876. The topological polar surface area (TPSA) is 101 Å². The van der Waals surface area contributed by atoms with Crippen LogP contribution in [0, 0.1) is 5.92 Å². The van der Waals surface area contributed by atoms with Crippen LogP contribution in [0.4, 0.5) is 5.82 Å². The van der Waals surface area contributed by atoms with Crippen molar-refractivity contribution in [3.05, 3.63) is 60.8 Å². The minimum atomic E-state index is -0.177. The van der Waals surface area contributed by atoms with E-state index in [0.717, 1.165) is 60.8 Å². The lowest BCUT2D eigenvalue weighted by atomic mass is 9.83. The molecule has 3 saturated heterocycles. The van der Waals surface area contributed by atoms with Crippen LogP contribution >= 0.6 is 0 Å². The Morgan fingerprint density at radius 1 is 1.03 bits per heavy atom. The van der Waals surface area contributed by atoms with E-state index in [9.17, 15) is 5.11 Å². The number of nitrogens with zero attached hydrogens (tertiary/aromatic N) is 7. The molecule has 10 nitrogen and oxygen atoms in total. The molecule has 7 heterocycles. The van der Waals surface area contributed by atoms with Gasteiger partial charge >= 0.3 is 0 Å². The third-order valence-corrected chi connectivity index (χ3v) is 8.16. The molecule has 2 atom stereocenters. The van der Waals surface area contributed by atoms with Crippen molar-refractivity contribution in [1.29, 1.82) is 0 Å². The summed E-state index contributed by atoms with van der Waals surface area (Å²) in [7, 11) is 1.64. The minimum Gasteiger partial charge on any atom is -0.492 e. The van der Waals surface area contributed by atoms with Crippen molar-refractivity contribution in [2.45, 2.75) is 44.0 Å². The average molecular weight is 514 g/mol. The SMILES string of the molecule is COc1ccc(CN2C3CC2CN(c2ccc(-c4cc(OCC5CC(O)C5)cn5cnnc45)cn2)C3)cn1. The van der Waals surface area contributed by atoms with E-state index < -0.39 is 0 Å². The van der Waals surface area contributed by atoms with Crippen molar-refractivity contribution in [3.63, 3.8) is 0 Å². The number of piperidine rings is 1. The molecular weight excluding hydrogens is 482 g/mol. The zero-order valence-electron chi connectivity index (χ0n) is 21.3. The molecule has 10 heteroatoms. The summed E-state index contributed by atoms with van der Waals surface area (Å²) in [4.78, 5) is 14.2. The van der Waals surface area contributed by atoms with Crippen molar-refractivity contribution >= 4 is 11.5 Å². The largest absolute Gasteiger partial charge is 0.492 e. The lowest BCUT2D eigenvalue weighted by Crippen LogP contribution is -2.68. The predicted octanol–water partition coefficient (Wildman–Crippen LogP) is 2.81. The van der Waals surface area contributed by atoms with E-state index in [1.54, 1.807) is 13.4 Å². The summed E-state index contributed by atoms with van der Waals surface area (Å²) in [5.74, 6) is 2.82. The number of aliphatic hydroxyl groups is 1. The molecule has 196 valence electrons. The summed E-state index contributed by atoms with van der Waals surface area (Å²) >= 11 is 0. The van der Waals surface area contributed by atoms with Gasteiger partial charge in [-0.25, -0.2) is 9.97 Å². The second-order valence-electron chi connectivity index (χ2n) is 10.7. The Morgan fingerprint density at radius 2 is 1.89 bits per heavy atom.